The second-order valence-electron chi connectivity index (χ2n) is 4.96. The number of aryl methyl sites for hydroxylation is 2. The number of pyridine rings is 1. The van der Waals surface area contributed by atoms with Crippen molar-refractivity contribution in [1.82, 2.24) is 15.2 Å². The Morgan fingerprint density at radius 3 is 2.71 bits per heavy atom. The Hall–Kier alpha value is -2.56. The second-order valence-corrected chi connectivity index (χ2v) is 4.96. The summed E-state index contributed by atoms with van der Waals surface area (Å²) in [5, 5.41) is 12.6. The number of benzene rings is 1. The molecule has 1 aromatic carbocycles. The van der Waals surface area contributed by atoms with E-state index < -0.39 is 0 Å². The molecule has 0 spiro atoms. The largest absolute Gasteiger partial charge is 0.497 e. The molecule has 0 aliphatic heterocycles. The minimum Gasteiger partial charge on any atom is -0.497 e. The highest BCUT2D eigenvalue weighted by Crippen LogP contribution is 2.26. The van der Waals surface area contributed by atoms with Crippen LogP contribution in [-0.2, 0) is 6.42 Å². The van der Waals surface area contributed by atoms with Crippen molar-refractivity contribution in [3.05, 3.63) is 41.7 Å². The van der Waals surface area contributed by atoms with Crippen LogP contribution in [0, 0.1) is 6.92 Å². The Kier molecular flexibility index (Phi) is 3.48. The Morgan fingerprint density at radius 2 is 2.05 bits per heavy atom. The van der Waals surface area contributed by atoms with Gasteiger partial charge in [0.2, 0.25) is 0 Å². The van der Waals surface area contributed by atoms with E-state index in [4.69, 9.17) is 4.74 Å². The summed E-state index contributed by atoms with van der Waals surface area (Å²) in [6.45, 7) is 4.07. The molecule has 5 nitrogen and oxygen atoms in total. The normalized spacial score (nSPS) is 10.8. The van der Waals surface area contributed by atoms with E-state index in [0.29, 0.717) is 0 Å². The summed E-state index contributed by atoms with van der Waals surface area (Å²) >= 11 is 0. The Labute approximate surface area is 123 Å². The molecule has 21 heavy (non-hydrogen) atoms. The molecule has 0 amide bonds. The van der Waals surface area contributed by atoms with Crippen molar-refractivity contribution >= 4 is 22.4 Å². The van der Waals surface area contributed by atoms with Crippen LogP contribution in [0.5, 0.6) is 5.75 Å². The third kappa shape index (κ3) is 2.67. The van der Waals surface area contributed by atoms with E-state index in [-0.39, 0.29) is 0 Å². The van der Waals surface area contributed by atoms with Gasteiger partial charge in [-0.3, -0.25) is 5.10 Å². The van der Waals surface area contributed by atoms with Gasteiger partial charge in [0.05, 0.1) is 12.8 Å². The summed E-state index contributed by atoms with van der Waals surface area (Å²) in [5.74, 6) is 2.40. The quantitative estimate of drug-likeness (QED) is 0.767. The number of fused-ring (bicyclic) bond motifs is 1. The number of aromatic nitrogens is 3. The molecular weight excluding hydrogens is 264 g/mol. The number of nitrogens with zero attached hydrogens (tertiary/aromatic N) is 2. The maximum atomic E-state index is 5.30. The topological polar surface area (TPSA) is 62.8 Å². The Morgan fingerprint density at radius 1 is 1.19 bits per heavy atom. The molecule has 2 N–H and O–H groups in total. The molecule has 2 heterocycles. The number of hydrogen-bond acceptors (Lipinski definition) is 4. The fraction of sp³-hybridized carbons (Fsp3) is 0.250. The Balaban J connectivity index is 2.06. The molecule has 0 bridgehead atoms. The molecule has 0 radical (unpaired) electrons. The van der Waals surface area contributed by atoms with Crippen LogP contribution in [-0.4, -0.2) is 22.3 Å². The zero-order valence-electron chi connectivity index (χ0n) is 12.4. The molecule has 0 saturated heterocycles. The fourth-order valence-electron chi connectivity index (χ4n) is 2.38. The maximum Gasteiger partial charge on any atom is 0.153 e. The molecule has 0 unspecified atom stereocenters. The van der Waals surface area contributed by atoms with Crippen LogP contribution in [0.2, 0.25) is 0 Å². The van der Waals surface area contributed by atoms with Crippen molar-refractivity contribution < 1.29 is 4.74 Å². The average Bonchev–Trinajstić information content (AvgIpc) is 2.90. The van der Waals surface area contributed by atoms with Crippen molar-refractivity contribution in [2.24, 2.45) is 0 Å². The number of anilines is 2. The minimum atomic E-state index is 0.768. The van der Waals surface area contributed by atoms with E-state index in [2.05, 4.69) is 33.5 Å². The standard InChI is InChI=1S/C16H18N4O/c1-4-14-13-6-5-12(21-3)8-11(13)9-15(17-14)18-16-7-10(2)19-20-16/h5-9H,4H2,1-3H3,(H2,17,18,19,20). The second kappa shape index (κ2) is 5.44. The SMILES string of the molecule is CCc1nc(Nc2cc(C)[nH]n2)cc2cc(OC)ccc12. The molecule has 108 valence electrons. The third-order valence-electron chi connectivity index (χ3n) is 3.41. The van der Waals surface area contributed by atoms with Crippen molar-refractivity contribution in [3.63, 3.8) is 0 Å². The number of methoxy groups -OCH3 is 1. The van der Waals surface area contributed by atoms with Gasteiger partial charge in [-0.15, -0.1) is 0 Å². The fourth-order valence-corrected chi connectivity index (χ4v) is 2.38. The van der Waals surface area contributed by atoms with Crippen LogP contribution >= 0.6 is 0 Å². The minimum absolute atomic E-state index is 0.768. The molecule has 0 fully saturated rings. The average molecular weight is 282 g/mol. The van der Waals surface area contributed by atoms with E-state index >= 15 is 0 Å². The number of rotatable bonds is 4. The summed E-state index contributed by atoms with van der Waals surface area (Å²) in [6, 6.07) is 10.0. The van der Waals surface area contributed by atoms with E-state index in [9.17, 15) is 0 Å². The predicted molar refractivity (Wildman–Crippen MR) is 84.3 cm³/mol. The van der Waals surface area contributed by atoms with Crippen LogP contribution in [0.1, 0.15) is 18.3 Å². The molecule has 0 saturated carbocycles. The summed E-state index contributed by atoms with van der Waals surface area (Å²) in [5.41, 5.74) is 2.07. The van der Waals surface area contributed by atoms with Crippen LogP contribution in [0.15, 0.2) is 30.3 Å². The highest BCUT2D eigenvalue weighted by molar-refractivity contribution is 5.88. The molecule has 2 aromatic heterocycles. The summed E-state index contributed by atoms with van der Waals surface area (Å²) in [6.07, 6.45) is 0.873. The molecule has 0 atom stereocenters. The van der Waals surface area contributed by atoms with E-state index in [0.717, 1.165) is 46.0 Å². The number of ether oxygens (including phenoxy) is 1. The molecule has 3 aromatic rings. The first-order valence-electron chi connectivity index (χ1n) is 6.96. The van der Waals surface area contributed by atoms with E-state index in [1.807, 2.05) is 31.2 Å². The zero-order valence-corrected chi connectivity index (χ0v) is 12.4. The van der Waals surface area contributed by atoms with Crippen molar-refractivity contribution in [2.75, 3.05) is 12.4 Å². The van der Waals surface area contributed by atoms with Gasteiger partial charge in [-0.2, -0.15) is 5.10 Å². The molecule has 0 aliphatic rings. The van der Waals surface area contributed by atoms with Crippen molar-refractivity contribution in [3.8, 4) is 5.75 Å². The van der Waals surface area contributed by atoms with Crippen LogP contribution in [0.4, 0.5) is 11.6 Å². The third-order valence-corrected chi connectivity index (χ3v) is 3.41. The predicted octanol–water partition coefficient (Wildman–Crippen LogP) is 3.58. The summed E-state index contributed by atoms with van der Waals surface area (Å²) in [7, 11) is 1.68. The van der Waals surface area contributed by atoms with Gasteiger partial charge in [-0.1, -0.05) is 6.92 Å². The highest BCUT2D eigenvalue weighted by atomic mass is 16.5. The first-order valence-corrected chi connectivity index (χ1v) is 6.96. The maximum absolute atomic E-state index is 5.30. The van der Waals surface area contributed by atoms with Gasteiger partial charge in [-0.25, -0.2) is 4.98 Å². The van der Waals surface area contributed by atoms with Crippen LogP contribution in [0.3, 0.4) is 0 Å². The number of aromatic amines is 1. The summed E-state index contributed by atoms with van der Waals surface area (Å²) < 4.78 is 5.30. The zero-order chi connectivity index (χ0) is 14.8. The van der Waals surface area contributed by atoms with Gasteiger partial charge < -0.3 is 10.1 Å². The number of hydrogen-bond donors (Lipinski definition) is 2. The Bertz CT molecular complexity index is 779. The van der Waals surface area contributed by atoms with Crippen LogP contribution < -0.4 is 10.1 Å². The van der Waals surface area contributed by atoms with Gasteiger partial charge in [0, 0.05) is 17.1 Å². The first kappa shape index (κ1) is 13.4. The molecule has 0 aliphatic carbocycles. The monoisotopic (exact) mass is 282 g/mol. The molecule has 3 rings (SSSR count). The number of nitrogens with one attached hydrogen (secondary N) is 2. The van der Waals surface area contributed by atoms with Crippen molar-refractivity contribution in [1.29, 1.82) is 0 Å². The lowest BCUT2D eigenvalue weighted by Crippen LogP contribution is -1.98. The van der Waals surface area contributed by atoms with Gasteiger partial charge in [0.1, 0.15) is 11.6 Å². The smallest absolute Gasteiger partial charge is 0.153 e. The molecular formula is C16H18N4O. The molecule has 5 heteroatoms. The lowest BCUT2D eigenvalue weighted by atomic mass is 10.1. The number of H-pyrrole nitrogens is 1. The van der Waals surface area contributed by atoms with E-state index in [1.165, 1.54) is 0 Å². The van der Waals surface area contributed by atoms with E-state index in [1.54, 1.807) is 7.11 Å². The van der Waals surface area contributed by atoms with Crippen molar-refractivity contribution in [2.45, 2.75) is 20.3 Å². The van der Waals surface area contributed by atoms with Gasteiger partial charge in [0.15, 0.2) is 5.82 Å². The lowest BCUT2D eigenvalue weighted by Gasteiger charge is -2.10. The lowest BCUT2D eigenvalue weighted by molar-refractivity contribution is 0.415. The van der Waals surface area contributed by atoms with Gasteiger partial charge >= 0.3 is 0 Å². The van der Waals surface area contributed by atoms with Gasteiger partial charge in [-0.05, 0) is 43.0 Å². The van der Waals surface area contributed by atoms with Crippen LogP contribution in [0.25, 0.3) is 10.8 Å². The highest BCUT2D eigenvalue weighted by Gasteiger charge is 2.07. The van der Waals surface area contributed by atoms with Gasteiger partial charge in [0.25, 0.3) is 0 Å². The summed E-state index contributed by atoms with van der Waals surface area (Å²) in [4.78, 5) is 4.67. The first-order chi connectivity index (χ1) is 10.2.